The summed E-state index contributed by atoms with van der Waals surface area (Å²) in [6, 6.07) is 0. The van der Waals surface area contributed by atoms with Gasteiger partial charge in [0.1, 0.15) is 11.6 Å². The number of hydrogen-bond acceptors (Lipinski definition) is 6. The van der Waals surface area contributed by atoms with Crippen molar-refractivity contribution in [2.75, 3.05) is 13.2 Å². The van der Waals surface area contributed by atoms with Crippen LogP contribution in [0.25, 0.3) is 0 Å². The Balaban J connectivity index is 1.79. The monoisotopic (exact) mass is 281 g/mol. The smallest absolute Gasteiger partial charge is 0.247 e. The fourth-order valence-corrected chi connectivity index (χ4v) is 3.13. The zero-order chi connectivity index (χ0) is 14.4. The second-order valence-corrected chi connectivity index (χ2v) is 6.30. The molecule has 20 heavy (non-hydrogen) atoms. The van der Waals surface area contributed by atoms with Crippen LogP contribution in [-0.2, 0) is 15.0 Å². The highest BCUT2D eigenvalue weighted by Crippen LogP contribution is 2.55. The maximum atomic E-state index is 6.52. The Morgan fingerprint density at radius 1 is 1.45 bits per heavy atom. The van der Waals surface area contributed by atoms with Crippen LogP contribution in [0.1, 0.15) is 57.9 Å². The Labute approximate surface area is 119 Å². The SMILES string of the molecule is CCOC1CC(N)(c2nc(C3CCCO3)no2)C1(C)C. The summed E-state index contributed by atoms with van der Waals surface area (Å²) in [7, 11) is 0. The van der Waals surface area contributed by atoms with Crippen molar-refractivity contribution in [2.24, 2.45) is 11.1 Å². The van der Waals surface area contributed by atoms with E-state index in [1.54, 1.807) is 0 Å². The van der Waals surface area contributed by atoms with Gasteiger partial charge in [-0.1, -0.05) is 19.0 Å². The van der Waals surface area contributed by atoms with Gasteiger partial charge in [-0.2, -0.15) is 4.98 Å². The minimum Gasteiger partial charge on any atom is -0.378 e. The summed E-state index contributed by atoms with van der Waals surface area (Å²) < 4.78 is 16.7. The fourth-order valence-electron chi connectivity index (χ4n) is 3.13. The van der Waals surface area contributed by atoms with Gasteiger partial charge in [0.2, 0.25) is 11.7 Å². The molecule has 2 fully saturated rings. The maximum Gasteiger partial charge on any atom is 0.247 e. The summed E-state index contributed by atoms with van der Waals surface area (Å²) in [5.41, 5.74) is 5.68. The summed E-state index contributed by atoms with van der Waals surface area (Å²) in [6.45, 7) is 7.63. The van der Waals surface area contributed by atoms with E-state index in [0.717, 1.165) is 19.4 Å². The Morgan fingerprint density at radius 2 is 2.25 bits per heavy atom. The predicted octanol–water partition coefficient (Wildman–Crippen LogP) is 1.91. The van der Waals surface area contributed by atoms with E-state index < -0.39 is 5.54 Å². The molecule has 2 aliphatic rings. The summed E-state index contributed by atoms with van der Waals surface area (Å²) >= 11 is 0. The molecule has 6 heteroatoms. The molecule has 2 N–H and O–H groups in total. The Morgan fingerprint density at radius 3 is 2.85 bits per heavy atom. The summed E-state index contributed by atoms with van der Waals surface area (Å²) in [5.74, 6) is 1.13. The first-order chi connectivity index (χ1) is 9.49. The van der Waals surface area contributed by atoms with Crippen LogP contribution in [0.15, 0.2) is 4.52 Å². The van der Waals surface area contributed by atoms with Gasteiger partial charge in [-0.05, 0) is 19.8 Å². The summed E-state index contributed by atoms with van der Waals surface area (Å²) in [5, 5.41) is 4.05. The molecule has 0 spiro atoms. The standard InChI is InChI=1S/C14H23N3O3/c1-4-18-10-8-14(15,13(10,2)3)12-16-11(17-20-12)9-6-5-7-19-9/h9-10H,4-8,15H2,1-3H3. The van der Waals surface area contributed by atoms with Gasteiger partial charge in [-0.3, -0.25) is 0 Å². The third kappa shape index (κ3) is 1.89. The first kappa shape index (κ1) is 14.0. The minimum atomic E-state index is -0.614. The predicted molar refractivity (Wildman–Crippen MR) is 71.9 cm³/mol. The molecule has 1 saturated heterocycles. The van der Waals surface area contributed by atoms with Crippen molar-refractivity contribution in [3.8, 4) is 0 Å². The molecule has 2 heterocycles. The van der Waals surface area contributed by atoms with Crippen LogP contribution in [0.4, 0.5) is 0 Å². The molecule has 112 valence electrons. The normalized spacial score (nSPS) is 36.0. The molecule has 1 aromatic heterocycles. The molecular weight excluding hydrogens is 258 g/mol. The first-order valence-corrected chi connectivity index (χ1v) is 7.35. The van der Waals surface area contributed by atoms with Gasteiger partial charge in [0.25, 0.3) is 0 Å². The highest BCUT2D eigenvalue weighted by atomic mass is 16.5. The molecule has 0 bridgehead atoms. The number of rotatable bonds is 4. The van der Waals surface area contributed by atoms with Crippen LogP contribution in [0.2, 0.25) is 0 Å². The third-order valence-corrected chi connectivity index (χ3v) is 4.87. The molecule has 0 aromatic carbocycles. The largest absolute Gasteiger partial charge is 0.378 e. The third-order valence-electron chi connectivity index (χ3n) is 4.87. The lowest BCUT2D eigenvalue weighted by atomic mass is 9.54. The van der Waals surface area contributed by atoms with Crippen LogP contribution in [-0.4, -0.2) is 29.5 Å². The van der Waals surface area contributed by atoms with E-state index in [2.05, 4.69) is 24.0 Å². The van der Waals surface area contributed by atoms with Gasteiger partial charge in [0, 0.05) is 25.0 Å². The van der Waals surface area contributed by atoms with Gasteiger partial charge >= 0.3 is 0 Å². The molecule has 1 aliphatic heterocycles. The molecule has 0 radical (unpaired) electrons. The van der Waals surface area contributed by atoms with E-state index in [4.69, 9.17) is 19.7 Å². The van der Waals surface area contributed by atoms with Crippen molar-refractivity contribution >= 4 is 0 Å². The average Bonchev–Trinajstić information content (AvgIpc) is 3.09. The van der Waals surface area contributed by atoms with Crippen molar-refractivity contribution in [1.82, 2.24) is 10.1 Å². The van der Waals surface area contributed by atoms with E-state index in [-0.39, 0.29) is 17.6 Å². The van der Waals surface area contributed by atoms with Gasteiger partial charge < -0.3 is 19.7 Å². The quantitative estimate of drug-likeness (QED) is 0.907. The van der Waals surface area contributed by atoms with E-state index in [9.17, 15) is 0 Å². The molecule has 1 aromatic rings. The summed E-state index contributed by atoms with van der Waals surface area (Å²) in [4.78, 5) is 4.49. The number of nitrogens with two attached hydrogens (primary N) is 1. The Kier molecular flexibility index (Phi) is 3.35. The van der Waals surface area contributed by atoms with Crippen molar-refractivity contribution in [1.29, 1.82) is 0 Å². The Bertz CT molecular complexity index is 482. The van der Waals surface area contributed by atoms with Crippen molar-refractivity contribution < 1.29 is 14.0 Å². The molecule has 0 amide bonds. The second-order valence-electron chi connectivity index (χ2n) is 6.30. The lowest BCUT2D eigenvalue weighted by molar-refractivity contribution is -0.162. The second kappa shape index (κ2) is 4.79. The van der Waals surface area contributed by atoms with E-state index >= 15 is 0 Å². The fraction of sp³-hybridized carbons (Fsp3) is 0.857. The van der Waals surface area contributed by atoms with Gasteiger partial charge in [-0.25, -0.2) is 0 Å². The number of hydrogen-bond donors (Lipinski definition) is 1. The number of nitrogens with zero attached hydrogens (tertiary/aromatic N) is 2. The highest BCUT2D eigenvalue weighted by Gasteiger charge is 2.62. The zero-order valence-corrected chi connectivity index (χ0v) is 12.4. The van der Waals surface area contributed by atoms with Crippen molar-refractivity contribution in [3.63, 3.8) is 0 Å². The van der Waals surface area contributed by atoms with E-state index in [1.165, 1.54) is 0 Å². The molecule has 6 nitrogen and oxygen atoms in total. The van der Waals surface area contributed by atoms with Gasteiger partial charge in [0.05, 0.1) is 6.10 Å². The topological polar surface area (TPSA) is 83.4 Å². The first-order valence-electron chi connectivity index (χ1n) is 7.35. The summed E-state index contributed by atoms with van der Waals surface area (Å²) in [6.07, 6.45) is 2.79. The molecular formula is C14H23N3O3. The van der Waals surface area contributed by atoms with Crippen LogP contribution in [0, 0.1) is 5.41 Å². The Hall–Kier alpha value is -0.980. The molecule has 3 rings (SSSR count). The van der Waals surface area contributed by atoms with Crippen LogP contribution in [0.5, 0.6) is 0 Å². The zero-order valence-electron chi connectivity index (χ0n) is 12.4. The van der Waals surface area contributed by atoms with E-state index in [1.807, 2.05) is 6.92 Å². The number of ether oxygens (including phenoxy) is 2. The van der Waals surface area contributed by atoms with Gasteiger partial charge in [0.15, 0.2) is 0 Å². The maximum absolute atomic E-state index is 6.52. The van der Waals surface area contributed by atoms with Crippen molar-refractivity contribution in [2.45, 2.75) is 57.8 Å². The van der Waals surface area contributed by atoms with Crippen LogP contribution < -0.4 is 5.73 Å². The minimum absolute atomic E-state index is 0.0398. The molecule has 3 atom stereocenters. The van der Waals surface area contributed by atoms with Crippen LogP contribution in [0.3, 0.4) is 0 Å². The molecule has 1 aliphatic carbocycles. The lowest BCUT2D eigenvalue weighted by Gasteiger charge is -2.56. The van der Waals surface area contributed by atoms with Crippen LogP contribution >= 0.6 is 0 Å². The van der Waals surface area contributed by atoms with Gasteiger partial charge in [-0.15, -0.1) is 0 Å². The lowest BCUT2D eigenvalue weighted by Crippen LogP contribution is -2.67. The number of aromatic nitrogens is 2. The average molecular weight is 281 g/mol. The van der Waals surface area contributed by atoms with Crippen molar-refractivity contribution in [3.05, 3.63) is 11.7 Å². The highest BCUT2D eigenvalue weighted by molar-refractivity contribution is 5.20. The molecule has 3 unspecified atom stereocenters. The van der Waals surface area contributed by atoms with E-state index in [0.29, 0.717) is 24.7 Å². The molecule has 1 saturated carbocycles.